The second-order valence-corrected chi connectivity index (χ2v) is 6.36. The van der Waals surface area contributed by atoms with E-state index in [9.17, 15) is 4.79 Å². The molecular formula is C21H24N2O. The first-order valence-electron chi connectivity index (χ1n) is 8.47. The van der Waals surface area contributed by atoms with Crippen molar-refractivity contribution in [2.45, 2.75) is 13.8 Å². The molecule has 1 fully saturated rings. The summed E-state index contributed by atoms with van der Waals surface area (Å²) in [6.45, 7) is 7.87. The van der Waals surface area contributed by atoms with E-state index in [1.54, 1.807) is 6.08 Å². The zero-order chi connectivity index (χ0) is 16.9. The highest BCUT2D eigenvalue weighted by Gasteiger charge is 2.15. The van der Waals surface area contributed by atoms with E-state index in [2.05, 4.69) is 40.1 Å². The van der Waals surface area contributed by atoms with Gasteiger partial charge < -0.3 is 9.80 Å². The minimum absolute atomic E-state index is 0.0815. The molecule has 1 aliphatic rings. The number of carbonyl (C=O) groups excluding carboxylic acids is 1. The summed E-state index contributed by atoms with van der Waals surface area (Å²) in [5, 5.41) is 0. The van der Waals surface area contributed by atoms with Crippen molar-refractivity contribution in [1.82, 2.24) is 4.90 Å². The van der Waals surface area contributed by atoms with Crippen molar-refractivity contribution < 1.29 is 4.79 Å². The van der Waals surface area contributed by atoms with Gasteiger partial charge in [0.25, 0.3) is 0 Å². The normalized spacial score (nSPS) is 15.1. The maximum Gasteiger partial charge on any atom is 0.187 e. The number of hydrogen-bond acceptors (Lipinski definition) is 3. The Balaban J connectivity index is 1.57. The second-order valence-electron chi connectivity index (χ2n) is 6.36. The lowest BCUT2D eigenvalue weighted by Gasteiger charge is -2.35. The van der Waals surface area contributed by atoms with Crippen molar-refractivity contribution in [3.63, 3.8) is 0 Å². The van der Waals surface area contributed by atoms with E-state index in [1.165, 1.54) is 11.3 Å². The molecule has 3 nitrogen and oxygen atoms in total. The molecule has 124 valence electrons. The van der Waals surface area contributed by atoms with Crippen LogP contribution in [0, 0.1) is 13.8 Å². The van der Waals surface area contributed by atoms with Gasteiger partial charge in [0.2, 0.25) is 0 Å². The monoisotopic (exact) mass is 320 g/mol. The quantitative estimate of drug-likeness (QED) is 0.632. The van der Waals surface area contributed by atoms with E-state index in [0.717, 1.165) is 37.3 Å². The molecule has 0 amide bonds. The van der Waals surface area contributed by atoms with Crippen molar-refractivity contribution in [3.05, 3.63) is 77.5 Å². The number of allylic oxidation sites excluding steroid dienone is 1. The maximum atomic E-state index is 12.4. The van der Waals surface area contributed by atoms with Gasteiger partial charge in [-0.2, -0.15) is 0 Å². The number of benzene rings is 2. The summed E-state index contributed by atoms with van der Waals surface area (Å²) in [6, 6.07) is 16.5. The van der Waals surface area contributed by atoms with Crippen LogP contribution in [0.25, 0.3) is 0 Å². The molecule has 3 heteroatoms. The third-order valence-corrected chi connectivity index (χ3v) is 4.52. The van der Waals surface area contributed by atoms with Crippen molar-refractivity contribution in [3.8, 4) is 0 Å². The first-order valence-corrected chi connectivity index (χ1v) is 8.47. The van der Waals surface area contributed by atoms with E-state index < -0.39 is 0 Å². The van der Waals surface area contributed by atoms with Crippen molar-refractivity contribution in [2.75, 3.05) is 31.1 Å². The van der Waals surface area contributed by atoms with Crippen LogP contribution in [0.15, 0.2) is 60.8 Å². The average molecular weight is 320 g/mol. The van der Waals surface area contributed by atoms with Crippen LogP contribution >= 0.6 is 0 Å². The number of nitrogens with zero attached hydrogens (tertiary/aromatic N) is 2. The molecule has 1 aliphatic heterocycles. The highest BCUT2D eigenvalue weighted by Crippen LogP contribution is 2.16. The molecule has 0 aromatic heterocycles. The number of carbonyl (C=O) groups is 1. The molecule has 24 heavy (non-hydrogen) atoms. The maximum absolute atomic E-state index is 12.4. The molecule has 2 aromatic rings. The third-order valence-electron chi connectivity index (χ3n) is 4.52. The van der Waals surface area contributed by atoms with Gasteiger partial charge in [0.1, 0.15) is 0 Å². The standard InChI is InChI=1S/C21H24N2O/c1-17-8-9-20(18(2)16-17)21(24)10-11-22-12-14-23(15-13-22)19-6-4-3-5-7-19/h3-11,16H,12-15H2,1-2H3. The summed E-state index contributed by atoms with van der Waals surface area (Å²) in [4.78, 5) is 17.0. The summed E-state index contributed by atoms with van der Waals surface area (Å²) in [7, 11) is 0. The first kappa shape index (κ1) is 16.3. The molecule has 0 radical (unpaired) electrons. The van der Waals surface area contributed by atoms with Crippen molar-refractivity contribution in [1.29, 1.82) is 0 Å². The smallest absolute Gasteiger partial charge is 0.187 e. The van der Waals surface area contributed by atoms with Crippen LogP contribution in [0.5, 0.6) is 0 Å². The van der Waals surface area contributed by atoms with Gasteiger partial charge in [-0.15, -0.1) is 0 Å². The Kier molecular flexibility index (Phi) is 4.99. The SMILES string of the molecule is Cc1ccc(C(=O)C=CN2CCN(c3ccccc3)CC2)c(C)c1. The summed E-state index contributed by atoms with van der Waals surface area (Å²) in [5.74, 6) is 0.0815. The Labute approximate surface area is 144 Å². The fourth-order valence-corrected chi connectivity index (χ4v) is 3.12. The number of anilines is 1. The van der Waals surface area contributed by atoms with Gasteiger partial charge in [-0.25, -0.2) is 0 Å². The molecule has 0 atom stereocenters. The van der Waals surface area contributed by atoms with Gasteiger partial charge in [0.15, 0.2) is 5.78 Å². The van der Waals surface area contributed by atoms with Crippen LogP contribution in [-0.2, 0) is 0 Å². The highest BCUT2D eigenvalue weighted by atomic mass is 16.1. The lowest BCUT2D eigenvalue weighted by molar-refractivity contribution is 0.104. The lowest BCUT2D eigenvalue weighted by Crippen LogP contribution is -2.44. The average Bonchev–Trinajstić information content (AvgIpc) is 2.61. The molecule has 0 N–H and O–H groups in total. The van der Waals surface area contributed by atoms with Gasteiger partial charge >= 0.3 is 0 Å². The van der Waals surface area contributed by atoms with Crippen LogP contribution < -0.4 is 4.90 Å². The fraction of sp³-hybridized carbons (Fsp3) is 0.286. The molecule has 1 heterocycles. The Morgan fingerprint density at radius 2 is 1.67 bits per heavy atom. The minimum atomic E-state index is 0.0815. The molecule has 2 aromatic carbocycles. The summed E-state index contributed by atoms with van der Waals surface area (Å²) in [5.41, 5.74) is 4.29. The topological polar surface area (TPSA) is 23.6 Å². The molecule has 3 rings (SSSR count). The summed E-state index contributed by atoms with van der Waals surface area (Å²) >= 11 is 0. The first-order chi connectivity index (χ1) is 11.6. The number of hydrogen-bond donors (Lipinski definition) is 0. The summed E-state index contributed by atoms with van der Waals surface area (Å²) < 4.78 is 0. The van der Waals surface area contributed by atoms with Crippen LogP contribution in [-0.4, -0.2) is 36.9 Å². The van der Waals surface area contributed by atoms with Gasteiger partial charge in [-0.1, -0.05) is 42.0 Å². The molecule has 0 bridgehead atoms. The largest absolute Gasteiger partial charge is 0.374 e. The highest BCUT2D eigenvalue weighted by molar-refractivity contribution is 6.05. The van der Waals surface area contributed by atoms with E-state index in [-0.39, 0.29) is 5.78 Å². The number of aryl methyl sites for hydroxylation is 2. The lowest BCUT2D eigenvalue weighted by atomic mass is 10.0. The van der Waals surface area contributed by atoms with Crippen LogP contribution in [0.2, 0.25) is 0 Å². The van der Waals surface area contributed by atoms with Gasteiger partial charge in [-0.05, 0) is 31.5 Å². The predicted octanol–water partition coefficient (Wildman–Crippen LogP) is 3.82. The molecular weight excluding hydrogens is 296 g/mol. The fourth-order valence-electron chi connectivity index (χ4n) is 3.12. The van der Waals surface area contributed by atoms with Crippen molar-refractivity contribution >= 4 is 11.5 Å². The van der Waals surface area contributed by atoms with E-state index in [0.29, 0.717) is 0 Å². The molecule has 0 spiro atoms. The molecule has 0 saturated carbocycles. The Morgan fingerprint density at radius 3 is 2.33 bits per heavy atom. The van der Waals surface area contributed by atoms with Crippen LogP contribution in [0.4, 0.5) is 5.69 Å². The number of para-hydroxylation sites is 1. The summed E-state index contributed by atoms with van der Waals surface area (Å²) in [6.07, 6.45) is 3.65. The van der Waals surface area contributed by atoms with Gasteiger partial charge in [0, 0.05) is 49.7 Å². The van der Waals surface area contributed by atoms with Crippen molar-refractivity contribution in [2.24, 2.45) is 0 Å². The second kappa shape index (κ2) is 7.35. The van der Waals surface area contributed by atoms with E-state index in [4.69, 9.17) is 0 Å². The number of piperazine rings is 1. The molecule has 0 aliphatic carbocycles. The van der Waals surface area contributed by atoms with Crippen LogP contribution in [0.3, 0.4) is 0 Å². The zero-order valence-corrected chi connectivity index (χ0v) is 14.4. The third kappa shape index (κ3) is 3.85. The number of rotatable bonds is 4. The Hall–Kier alpha value is -2.55. The Morgan fingerprint density at radius 1 is 0.958 bits per heavy atom. The Bertz CT molecular complexity index is 729. The minimum Gasteiger partial charge on any atom is -0.374 e. The molecule has 0 unspecified atom stereocenters. The van der Waals surface area contributed by atoms with E-state index in [1.807, 2.05) is 38.2 Å². The van der Waals surface area contributed by atoms with Gasteiger partial charge in [-0.3, -0.25) is 4.79 Å². The molecule has 1 saturated heterocycles. The zero-order valence-electron chi connectivity index (χ0n) is 14.4. The van der Waals surface area contributed by atoms with Gasteiger partial charge in [0.05, 0.1) is 0 Å². The van der Waals surface area contributed by atoms with E-state index >= 15 is 0 Å². The predicted molar refractivity (Wildman–Crippen MR) is 99.6 cm³/mol. The number of ketones is 1. The van der Waals surface area contributed by atoms with Crippen LogP contribution in [0.1, 0.15) is 21.5 Å².